The van der Waals surface area contributed by atoms with E-state index >= 15 is 0 Å². The van der Waals surface area contributed by atoms with Gasteiger partial charge in [-0.2, -0.15) is 10.2 Å². The lowest BCUT2D eigenvalue weighted by molar-refractivity contribution is 0.464. The Kier molecular flexibility index (Phi) is 5.81. The van der Waals surface area contributed by atoms with Crippen LogP contribution < -0.4 is 10.9 Å². The molecule has 11 nitrogen and oxygen atoms in total. The summed E-state index contributed by atoms with van der Waals surface area (Å²) >= 11 is 0. The monoisotopic (exact) mass is 543 g/mol. The largest absolute Gasteiger partial charge is 0.508 e. The van der Waals surface area contributed by atoms with Crippen molar-refractivity contribution < 1.29 is 5.11 Å². The van der Waals surface area contributed by atoms with Gasteiger partial charge in [0, 0.05) is 29.7 Å². The smallest absolute Gasteiger partial charge is 0.282 e. The van der Waals surface area contributed by atoms with Crippen molar-refractivity contribution in [2.75, 3.05) is 5.32 Å². The number of hydrogen-bond donors (Lipinski definition) is 3. The highest BCUT2D eigenvalue weighted by Gasteiger charge is 2.21. The van der Waals surface area contributed by atoms with Crippen LogP contribution in [0.1, 0.15) is 24.4 Å². The first-order valence-corrected chi connectivity index (χ1v) is 13.1. The summed E-state index contributed by atoms with van der Waals surface area (Å²) < 4.78 is 5.01. The third-order valence-electron chi connectivity index (χ3n) is 7.06. The SMILES string of the molecule is C[C@H](Nc1ncnc2[nH]cc(-c3ccn(Cc4ccccc4O)n3)c12)c1nn2cccc2c(=O)n1-c1ccccc1. The predicted octanol–water partition coefficient (Wildman–Crippen LogP) is 4.55. The maximum Gasteiger partial charge on any atom is 0.282 e. The Morgan fingerprint density at radius 2 is 1.78 bits per heavy atom. The number of H-pyrrole nitrogens is 1. The number of phenolic OH excluding ortho intramolecular Hbond substituents is 1. The van der Waals surface area contributed by atoms with Gasteiger partial charge in [0.15, 0.2) is 5.82 Å². The van der Waals surface area contributed by atoms with E-state index in [2.05, 4.69) is 20.3 Å². The summed E-state index contributed by atoms with van der Waals surface area (Å²) in [5.41, 5.74) is 4.02. The third-order valence-corrected chi connectivity index (χ3v) is 7.06. The molecule has 7 rings (SSSR count). The van der Waals surface area contributed by atoms with Gasteiger partial charge in [0.2, 0.25) is 0 Å². The molecule has 3 N–H and O–H groups in total. The minimum atomic E-state index is -0.408. The van der Waals surface area contributed by atoms with Crippen LogP contribution in [0.4, 0.5) is 5.82 Å². The molecule has 0 fully saturated rings. The average molecular weight is 544 g/mol. The molecule has 2 aromatic carbocycles. The minimum absolute atomic E-state index is 0.162. The molecule has 0 spiro atoms. The van der Waals surface area contributed by atoms with Crippen LogP contribution in [0.3, 0.4) is 0 Å². The van der Waals surface area contributed by atoms with Crippen molar-refractivity contribution in [1.82, 2.24) is 38.9 Å². The van der Waals surface area contributed by atoms with Gasteiger partial charge < -0.3 is 15.4 Å². The third kappa shape index (κ3) is 4.29. The molecule has 0 saturated carbocycles. The first-order valence-electron chi connectivity index (χ1n) is 13.1. The normalized spacial score (nSPS) is 12.2. The number of aromatic amines is 1. The molecular weight excluding hydrogens is 518 g/mol. The van der Waals surface area contributed by atoms with Crippen LogP contribution in [-0.2, 0) is 6.54 Å². The van der Waals surface area contributed by atoms with Gasteiger partial charge in [0.25, 0.3) is 5.56 Å². The van der Waals surface area contributed by atoms with Gasteiger partial charge in [0.1, 0.15) is 29.1 Å². The Labute approximate surface area is 233 Å². The number of aromatic nitrogens is 8. The fraction of sp³-hybridized carbons (Fsp3) is 0.100. The number of nitrogens with zero attached hydrogens (tertiary/aromatic N) is 7. The van der Waals surface area contributed by atoms with Crippen molar-refractivity contribution in [2.45, 2.75) is 19.5 Å². The first-order chi connectivity index (χ1) is 20.1. The predicted molar refractivity (Wildman–Crippen MR) is 155 cm³/mol. The zero-order valence-corrected chi connectivity index (χ0v) is 22.0. The fourth-order valence-corrected chi connectivity index (χ4v) is 5.07. The van der Waals surface area contributed by atoms with Crippen LogP contribution in [0.25, 0.3) is 33.5 Å². The Morgan fingerprint density at radius 3 is 2.63 bits per heavy atom. The van der Waals surface area contributed by atoms with Crippen LogP contribution in [0, 0.1) is 0 Å². The first kappa shape index (κ1) is 24.3. The number of hydrogen-bond acceptors (Lipinski definition) is 7. The van der Waals surface area contributed by atoms with Crippen molar-refractivity contribution >= 4 is 22.4 Å². The highest BCUT2D eigenvalue weighted by atomic mass is 16.3. The van der Waals surface area contributed by atoms with Gasteiger partial charge in [-0.1, -0.05) is 36.4 Å². The molecule has 0 saturated heterocycles. The Balaban J connectivity index is 1.27. The van der Waals surface area contributed by atoms with Gasteiger partial charge in [0.05, 0.1) is 29.4 Å². The minimum Gasteiger partial charge on any atom is -0.508 e. The van der Waals surface area contributed by atoms with Crippen LogP contribution in [0.15, 0.2) is 103 Å². The lowest BCUT2D eigenvalue weighted by Crippen LogP contribution is -2.29. The van der Waals surface area contributed by atoms with Gasteiger partial charge >= 0.3 is 0 Å². The summed E-state index contributed by atoms with van der Waals surface area (Å²) in [6.07, 6.45) is 6.98. The number of phenols is 1. The molecule has 1 atom stereocenters. The topological polar surface area (TPSA) is 131 Å². The molecule has 0 unspecified atom stereocenters. The molecule has 5 aromatic heterocycles. The Bertz CT molecular complexity index is 2070. The fourth-order valence-electron chi connectivity index (χ4n) is 5.07. The summed E-state index contributed by atoms with van der Waals surface area (Å²) in [6.45, 7) is 2.37. The van der Waals surface area contributed by atoms with E-state index in [9.17, 15) is 9.90 Å². The van der Waals surface area contributed by atoms with Gasteiger partial charge in [-0.05, 0) is 43.3 Å². The number of aromatic hydroxyl groups is 1. The maximum absolute atomic E-state index is 13.5. The number of anilines is 1. The van der Waals surface area contributed by atoms with Crippen molar-refractivity contribution in [3.8, 4) is 22.7 Å². The lowest BCUT2D eigenvalue weighted by atomic mass is 10.1. The lowest BCUT2D eigenvalue weighted by Gasteiger charge is -2.20. The zero-order chi connectivity index (χ0) is 27.9. The van der Waals surface area contributed by atoms with Crippen molar-refractivity contribution in [2.24, 2.45) is 0 Å². The molecule has 0 amide bonds. The second-order valence-electron chi connectivity index (χ2n) is 9.71. The molecular formula is C30H25N9O2. The molecule has 11 heteroatoms. The van der Waals surface area contributed by atoms with Gasteiger partial charge in [-0.3, -0.25) is 14.0 Å². The van der Waals surface area contributed by atoms with Crippen LogP contribution in [-0.4, -0.2) is 44.0 Å². The van der Waals surface area contributed by atoms with Gasteiger partial charge in [-0.15, -0.1) is 0 Å². The number of para-hydroxylation sites is 2. The number of rotatable bonds is 7. The molecule has 7 aromatic rings. The number of benzene rings is 2. The van der Waals surface area contributed by atoms with Crippen molar-refractivity contribution in [3.05, 3.63) is 119 Å². The molecule has 202 valence electrons. The Hall–Kier alpha value is -5.71. The van der Waals surface area contributed by atoms with E-state index in [0.29, 0.717) is 29.4 Å². The van der Waals surface area contributed by atoms with Crippen LogP contribution in [0.5, 0.6) is 5.75 Å². The molecule has 41 heavy (non-hydrogen) atoms. The van der Waals surface area contributed by atoms with E-state index in [-0.39, 0.29) is 11.3 Å². The van der Waals surface area contributed by atoms with Crippen LogP contribution >= 0.6 is 0 Å². The number of fused-ring (bicyclic) bond motifs is 2. The summed E-state index contributed by atoms with van der Waals surface area (Å²) in [5.74, 6) is 1.34. The average Bonchev–Trinajstić information content (AvgIpc) is 3.75. The molecule has 0 aliphatic rings. The second kappa shape index (κ2) is 9.79. The van der Waals surface area contributed by atoms with Crippen LogP contribution in [0.2, 0.25) is 0 Å². The molecule has 0 radical (unpaired) electrons. The van der Waals surface area contributed by atoms with E-state index in [1.165, 1.54) is 6.33 Å². The second-order valence-corrected chi connectivity index (χ2v) is 9.71. The molecule has 0 bridgehead atoms. The van der Waals surface area contributed by atoms with Crippen molar-refractivity contribution in [3.63, 3.8) is 0 Å². The highest BCUT2D eigenvalue weighted by molar-refractivity contribution is 6.00. The van der Waals surface area contributed by atoms with Gasteiger partial charge in [-0.25, -0.2) is 14.5 Å². The summed E-state index contributed by atoms with van der Waals surface area (Å²) in [4.78, 5) is 25.8. The number of nitrogens with one attached hydrogen (secondary N) is 2. The summed E-state index contributed by atoms with van der Waals surface area (Å²) in [5, 5.41) is 24.0. The highest BCUT2D eigenvalue weighted by Crippen LogP contribution is 2.33. The van der Waals surface area contributed by atoms with E-state index in [0.717, 1.165) is 27.9 Å². The summed E-state index contributed by atoms with van der Waals surface area (Å²) in [7, 11) is 0. The van der Waals surface area contributed by atoms with E-state index in [1.54, 1.807) is 44.2 Å². The van der Waals surface area contributed by atoms with E-state index in [1.807, 2.05) is 67.8 Å². The van der Waals surface area contributed by atoms with E-state index in [4.69, 9.17) is 10.2 Å². The molecule has 0 aliphatic carbocycles. The Morgan fingerprint density at radius 1 is 0.951 bits per heavy atom. The van der Waals surface area contributed by atoms with Crippen molar-refractivity contribution in [1.29, 1.82) is 0 Å². The standard InChI is InChI=1S/C30H25N9O2/c1-19(29-36-38-14-7-11-24(38)30(41)39(29)21-9-3-2-4-10-21)34-28-26-22(16-31-27(26)32-18-33-28)23-13-15-37(35-23)17-20-8-5-6-12-25(20)40/h2-16,18-19,40H,17H2,1H3,(H2,31,32,33,34)/t19-/m0/s1. The van der Waals surface area contributed by atoms with E-state index < -0.39 is 6.04 Å². The maximum atomic E-state index is 13.5. The summed E-state index contributed by atoms with van der Waals surface area (Å²) in [6, 6.07) is 21.7. The zero-order valence-electron chi connectivity index (χ0n) is 22.0. The quantitative estimate of drug-likeness (QED) is 0.269. The molecule has 5 heterocycles. The molecule has 0 aliphatic heterocycles.